The van der Waals surface area contributed by atoms with E-state index in [9.17, 15) is 9.59 Å². The lowest BCUT2D eigenvalue weighted by Gasteiger charge is -2.13. The number of fused-ring (bicyclic) bond motifs is 1. The molecule has 176 valence electrons. The Morgan fingerprint density at radius 3 is 2.69 bits per heavy atom. The zero-order valence-electron chi connectivity index (χ0n) is 18.8. The van der Waals surface area contributed by atoms with E-state index in [4.69, 9.17) is 18.7 Å². The number of hydrogen-bond donors (Lipinski definition) is 0. The summed E-state index contributed by atoms with van der Waals surface area (Å²) in [4.78, 5) is 30.2. The largest absolute Gasteiger partial charge is 0.465 e. The molecule has 3 aromatic heterocycles. The molecular formula is C26H21N3O5S. The molecule has 2 aromatic carbocycles. The summed E-state index contributed by atoms with van der Waals surface area (Å²) in [5, 5.41) is 5.08. The average molecular weight is 488 g/mol. The fourth-order valence-corrected chi connectivity index (χ4v) is 4.60. The van der Waals surface area contributed by atoms with Crippen molar-refractivity contribution in [2.75, 3.05) is 7.11 Å². The van der Waals surface area contributed by atoms with Crippen molar-refractivity contribution in [1.29, 1.82) is 0 Å². The molecule has 0 atom stereocenters. The predicted octanol–water partition coefficient (Wildman–Crippen LogP) is 4.97. The van der Waals surface area contributed by atoms with Crippen molar-refractivity contribution >= 4 is 28.6 Å². The molecule has 0 fully saturated rings. The SMILES string of the molecule is COC(=O)c1ccc2c(=O)n(CCc3ccccc3)c(SCc3cc(-c4ccco4)on3)nc2c1. The van der Waals surface area contributed by atoms with Crippen molar-refractivity contribution in [3.05, 3.63) is 100 Å². The van der Waals surface area contributed by atoms with Crippen LogP contribution in [0.15, 0.2) is 91.9 Å². The number of benzene rings is 2. The van der Waals surface area contributed by atoms with E-state index in [-0.39, 0.29) is 5.56 Å². The van der Waals surface area contributed by atoms with Crippen LogP contribution in [0.4, 0.5) is 0 Å². The first-order valence-electron chi connectivity index (χ1n) is 10.9. The number of nitrogens with zero attached hydrogens (tertiary/aromatic N) is 3. The molecule has 0 N–H and O–H groups in total. The second-order valence-electron chi connectivity index (χ2n) is 7.76. The lowest BCUT2D eigenvalue weighted by Crippen LogP contribution is -2.24. The molecular weight excluding hydrogens is 466 g/mol. The number of hydrogen-bond acceptors (Lipinski definition) is 8. The van der Waals surface area contributed by atoms with Gasteiger partial charge in [0.1, 0.15) is 0 Å². The molecule has 8 nitrogen and oxygen atoms in total. The van der Waals surface area contributed by atoms with Crippen molar-refractivity contribution in [2.45, 2.75) is 23.9 Å². The first-order chi connectivity index (χ1) is 17.1. The Kier molecular flexibility index (Phi) is 6.49. The van der Waals surface area contributed by atoms with Gasteiger partial charge in [0.25, 0.3) is 5.56 Å². The molecule has 0 saturated carbocycles. The number of aryl methyl sites for hydroxylation is 1. The summed E-state index contributed by atoms with van der Waals surface area (Å²) in [6, 6.07) is 20.1. The third-order valence-corrected chi connectivity index (χ3v) is 6.49. The zero-order valence-corrected chi connectivity index (χ0v) is 19.7. The van der Waals surface area contributed by atoms with Crippen LogP contribution in [0, 0.1) is 0 Å². The molecule has 0 spiro atoms. The molecule has 9 heteroatoms. The normalized spacial score (nSPS) is 11.1. The Labute approximate surface area is 204 Å². The van der Waals surface area contributed by atoms with Crippen molar-refractivity contribution in [2.24, 2.45) is 0 Å². The van der Waals surface area contributed by atoms with Crippen LogP contribution >= 0.6 is 11.8 Å². The van der Waals surface area contributed by atoms with Gasteiger partial charge in [-0.3, -0.25) is 9.36 Å². The van der Waals surface area contributed by atoms with Gasteiger partial charge in [-0.05, 0) is 42.3 Å². The standard InChI is InChI=1S/C26H21N3O5S/c1-32-25(31)18-9-10-20-21(14-18)27-26(29(24(20)30)12-11-17-6-3-2-4-7-17)35-16-19-15-23(34-28-19)22-8-5-13-33-22/h2-10,13-15H,11-12,16H2,1H3. The first-order valence-corrected chi connectivity index (χ1v) is 11.9. The van der Waals surface area contributed by atoms with Crippen LogP contribution in [0.2, 0.25) is 0 Å². The summed E-state index contributed by atoms with van der Waals surface area (Å²) >= 11 is 1.38. The number of furan rings is 1. The highest BCUT2D eigenvalue weighted by Gasteiger charge is 2.16. The number of esters is 1. The van der Waals surface area contributed by atoms with E-state index in [1.54, 1.807) is 47.2 Å². The van der Waals surface area contributed by atoms with Crippen LogP contribution in [0.3, 0.4) is 0 Å². The third-order valence-electron chi connectivity index (χ3n) is 5.48. The Morgan fingerprint density at radius 2 is 1.91 bits per heavy atom. The fraction of sp³-hybridized carbons (Fsp3) is 0.154. The smallest absolute Gasteiger partial charge is 0.337 e. The second-order valence-corrected chi connectivity index (χ2v) is 8.70. The maximum atomic E-state index is 13.4. The van der Waals surface area contributed by atoms with Crippen LogP contribution in [0.1, 0.15) is 21.6 Å². The third kappa shape index (κ3) is 4.90. The summed E-state index contributed by atoms with van der Waals surface area (Å²) in [6.45, 7) is 0.462. The van der Waals surface area contributed by atoms with E-state index < -0.39 is 5.97 Å². The summed E-state index contributed by atoms with van der Waals surface area (Å²) in [7, 11) is 1.32. The highest BCUT2D eigenvalue weighted by Crippen LogP contribution is 2.26. The number of carbonyl (C=O) groups excluding carboxylic acids is 1. The van der Waals surface area contributed by atoms with Crippen molar-refractivity contribution in [1.82, 2.24) is 14.7 Å². The van der Waals surface area contributed by atoms with Crippen LogP contribution in [0.25, 0.3) is 22.4 Å². The second kappa shape index (κ2) is 10.0. The van der Waals surface area contributed by atoms with E-state index in [2.05, 4.69) is 5.16 Å². The maximum Gasteiger partial charge on any atom is 0.337 e. The van der Waals surface area contributed by atoms with Gasteiger partial charge in [0.2, 0.25) is 5.76 Å². The fourth-order valence-electron chi connectivity index (χ4n) is 3.69. The lowest BCUT2D eigenvalue weighted by atomic mass is 10.1. The van der Waals surface area contributed by atoms with Crippen LogP contribution in [0.5, 0.6) is 0 Å². The summed E-state index contributed by atoms with van der Waals surface area (Å²) < 4.78 is 17.2. The van der Waals surface area contributed by atoms with Crippen molar-refractivity contribution in [3.8, 4) is 11.5 Å². The first kappa shape index (κ1) is 22.7. The van der Waals surface area contributed by atoms with Gasteiger partial charge in [0.15, 0.2) is 10.9 Å². The summed E-state index contributed by atoms with van der Waals surface area (Å²) in [5.41, 5.74) is 2.42. The van der Waals surface area contributed by atoms with Gasteiger partial charge in [0, 0.05) is 18.4 Å². The van der Waals surface area contributed by atoms with Gasteiger partial charge in [-0.2, -0.15) is 0 Å². The number of carbonyl (C=O) groups is 1. The molecule has 0 unspecified atom stereocenters. The van der Waals surface area contributed by atoms with E-state index in [1.807, 2.05) is 30.3 Å². The Bertz CT molecular complexity index is 1520. The molecule has 0 radical (unpaired) electrons. The van der Waals surface area contributed by atoms with E-state index in [0.29, 0.717) is 57.6 Å². The van der Waals surface area contributed by atoms with E-state index in [1.165, 1.54) is 18.9 Å². The van der Waals surface area contributed by atoms with Crippen molar-refractivity contribution < 1.29 is 18.5 Å². The van der Waals surface area contributed by atoms with Crippen LogP contribution < -0.4 is 5.56 Å². The molecule has 3 heterocycles. The molecule has 0 amide bonds. The van der Waals surface area contributed by atoms with Gasteiger partial charge in [-0.25, -0.2) is 9.78 Å². The number of thioether (sulfide) groups is 1. The highest BCUT2D eigenvalue weighted by molar-refractivity contribution is 7.98. The Morgan fingerprint density at radius 1 is 1.06 bits per heavy atom. The average Bonchev–Trinajstić information content (AvgIpc) is 3.59. The molecule has 0 aliphatic carbocycles. The molecule has 5 rings (SSSR count). The van der Waals surface area contributed by atoms with Crippen LogP contribution in [-0.2, 0) is 23.5 Å². The Balaban J connectivity index is 1.48. The molecule has 0 bridgehead atoms. The van der Waals surface area contributed by atoms with Crippen molar-refractivity contribution in [3.63, 3.8) is 0 Å². The Hall–Kier alpha value is -4.11. The quantitative estimate of drug-likeness (QED) is 0.172. The molecule has 0 saturated heterocycles. The van der Waals surface area contributed by atoms with Gasteiger partial charge >= 0.3 is 5.97 Å². The maximum absolute atomic E-state index is 13.4. The lowest BCUT2D eigenvalue weighted by molar-refractivity contribution is 0.0601. The zero-order chi connectivity index (χ0) is 24.2. The minimum absolute atomic E-state index is 0.165. The van der Waals surface area contributed by atoms with E-state index >= 15 is 0 Å². The predicted molar refractivity (Wildman–Crippen MR) is 131 cm³/mol. The van der Waals surface area contributed by atoms with Gasteiger partial charge in [0.05, 0.1) is 35.5 Å². The molecule has 0 aliphatic heterocycles. The number of methoxy groups -OCH3 is 1. The van der Waals surface area contributed by atoms with Gasteiger partial charge < -0.3 is 13.7 Å². The summed E-state index contributed by atoms with van der Waals surface area (Å²) in [6.07, 6.45) is 2.24. The monoisotopic (exact) mass is 487 g/mol. The summed E-state index contributed by atoms with van der Waals surface area (Å²) in [5.74, 6) is 1.07. The van der Waals surface area contributed by atoms with Gasteiger partial charge in [-0.1, -0.05) is 47.3 Å². The van der Waals surface area contributed by atoms with Crippen LogP contribution in [-0.4, -0.2) is 27.8 Å². The van der Waals surface area contributed by atoms with Gasteiger partial charge in [-0.15, -0.1) is 0 Å². The topological polar surface area (TPSA) is 100 Å². The molecule has 35 heavy (non-hydrogen) atoms. The minimum Gasteiger partial charge on any atom is -0.465 e. The molecule has 5 aromatic rings. The highest BCUT2D eigenvalue weighted by atomic mass is 32.2. The number of rotatable bonds is 8. The molecule has 0 aliphatic rings. The number of aromatic nitrogens is 3. The minimum atomic E-state index is -0.482. The number of ether oxygens (including phenoxy) is 1. The van der Waals surface area contributed by atoms with E-state index in [0.717, 1.165) is 5.56 Å².